The Morgan fingerprint density at radius 1 is 1.09 bits per heavy atom. The first-order chi connectivity index (χ1) is 16.5. The van der Waals surface area contributed by atoms with E-state index in [1.165, 1.54) is 0 Å². The molecule has 2 aliphatic heterocycles. The monoisotopic (exact) mass is 465 g/mol. The van der Waals surface area contributed by atoms with E-state index in [0.717, 1.165) is 34.7 Å². The van der Waals surface area contributed by atoms with E-state index in [0.29, 0.717) is 45.6 Å². The highest BCUT2D eigenvalue weighted by molar-refractivity contribution is 5.94. The van der Waals surface area contributed by atoms with Crippen LogP contribution in [0.2, 0.25) is 0 Å². The maximum atomic E-state index is 13.4. The fourth-order valence-electron chi connectivity index (χ4n) is 4.56. The van der Waals surface area contributed by atoms with E-state index in [-0.39, 0.29) is 24.0 Å². The number of anilines is 1. The van der Waals surface area contributed by atoms with Gasteiger partial charge in [-0.25, -0.2) is 4.79 Å². The summed E-state index contributed by atoms with van der Waals surface area (Å²) < 4.78 is 11.5. The highest BCUT2D eigenvalue weighted by Crippen LogP contribution is 2.36. The van der Waals surface area contributed by atoms with Crippen LogP contribution in [0.4, 0.5) is 10.5 Å². The number of ether oxygens (including phenoxy) is 2. The molecule has 7 heteroatoms. The van der Waals surface area contributed by atoms with E-state index in [1.54, 1.807) is 0 Å². The lowest BCUT2D eigenvalue weighted by atomic mass is 9.96. The van der Waals surface area contributed by atoms with Crippen LogP contribution in [0.1, 0.15) is 44.2 Å². The van der Waals surface area contributed by atoms with E-state index in [4.69, 9.17) is 9.47 Å². The minimum atomic E-state index is -0.0747. The molecule has 2 aromatic carbocycles. The Balaban J connectivity index is 1.31. The highest BCUT2D eigenvalue weighted by atomic mass is 16.5. The van der Waals surface area contributed by atoms with Gasteiger partial charge in [-0.15, -0.1) is 0 Å². The van der Waals surface area contributed by atoms with Gasteiger partial charge in [-0.2, -0.15) is 0 Å². The van der Waals surface area contributed by atoms with Gasteiger partial charge in [0.15, 0.2) is 0 Å². The van der Waals surface area contributed by atoms with Gasteiger partial charge in [0.05, 0.1) is 18.8 Å². The van der Waals surface area contributed by atoms with Crippen molar-refractivity contribution in [3.8, 4) is 11.5 Å². The molecule has 1 N–H and O–H groups in total. The Morgan fingerprint density at radius 2 is 1.82 bits per heavy atom. The van der Waals surface area contributed by atoms with Crippen molar-refractivity contribution in [2.75, 3.05) is 31.1 Å². The summed E-state index contributed by atoms with van der Waals surface area (Å²) in [4.78, 5) is 29.9. The molecule has 1 unspecified atom stereocenters. The molecule has 34 heavy (non-hydrogen) atoms. The average molecular weight is 466 g/mol. The molecule has 0 radical (unpaired) electrons. The molecule has 2 aliphatic rings. The Kier molecular flexibility index (Phi) is 7.60. The van der Waals surface area contributed by atoms with E-state index in [1.807, 2.05) is 66.1 Å². The van der Waals surface area contributed by atoms with Gasteiger partial charge in [0, 0.05) is 25.6 Å². The van der Waals surface area contributed by atoms with Crippen LogP contribution in [-0.4, -0.2) is 49.2 Å². The molecule has 182 valence electrons. The minimum absolute atomic E-state index is 0.00171. The highest BCUT2D eigenvalue weighted by Gasteiger charge is 2.34. The molecule has 2 heterocycles. The molecule has 0 aliphatic carbocycles. The number of aryl methyl sites for hydroxylation is 1. The number of nitrogens with one attached hydrogen (secondary N) is 1. The van der Waals surface area contributed by atoms with Gasteiger partial charge in [0.1, 0.15) is 17.6 Å². The summed E-state index contributed by atoms with van der Waals surface area (Å²) >= 11 is 0. The summed E-state index contributed by atoms with van der Waals surface area (Å²) in [6, 6.07) is 13.8. The standard InChI is InChI=1S/C27H35N3O4/c1-4-22-18-30(24-16-19(3)6-11-25(24)34-22)27(32)29-14-12-21(13-15-29)26(31)28-17-20-7-9-23(10-8-20)33-5-2/h6-11,16,21-22H,4-5,12-15,17-18H2,1-3H3,(H,28,31). The number of fused-ring (bicyclic) bond motifs is 1. The van der Waals surface area contributed by atoms with Crippen molar-refractivity contribution in [1.82, 2.24) is 10.2 Å². The molecule has 1 atom stereocenters. The van der Waals surface area contributed by atoms with Crippen LogP contribution in [-0.2, 0) is 11.3 Å². The number of piperidine rings is 1. The van der Waals surface area contributed by atoms with E-state index in [2.05, 4.69) is 12.2 Å². The van der Waals surface area contributed by atoms with Crippen molar-refractivity contribution in [2.24, 2.45) is 5.92 Å². The number of benzene rings is 2. The van der Waals surface area contributed by atoms with Gasteiger partial charge in [0.2, 0.25) is 5.91 Å². The number of nitrogens with zero attached hydrogens (tertiary/aromatic N) is 2. The van der Waals surface area contributed by atoms with Crippen LogP contribution >= 0.6 is 0 Å². The third kappa shape index (κ3) is 5.46. The van der Waals surface area contributed by atoms with E-state index >= 15 is 0 Å². The molecular formula is C27H35N3O4. The third-order valence-electron chi connectivity index (χ3n) is 6.61. The predicted molar refractivity (Wildman–Crippen MR) is 132 cm³/mol. The number of hydrogen-bond acceptors (Lipinski definition) is 4. The number of likely N-dealkylation sites (tertiary alicyclic amines) is 1. The summed E-state index contributed by atoms with van der Waals surface area (Å²) in [6.45, 7) is 8.88. The average Bonchev–Trinajstić information content (AvgIpc) is 2.87. The van der Waals surface area contributed by atoms with Gasteiger partial charge in [-0.05, 0) is 68.5 Å². The van der Waals surface area contributed by atoms with Crippen LogP contribution in [0.25, 0.3) is 0 Å². The van der Waals surface area contributed by atoms with Crippen molar-refractivity contribution in [2.45, 2.75) is 52.7 Å². The molecule has 1 fully saturated rings. The molecule has 3 amide bonds. The zero-order valence-electron chi connectivity index (χ0n) is 20.4. The second-order valence-corrected chi connectivity index (χ2v) is 9.07. The number of amides is 3. The van der Waals surface area contributed by atoms with Crippen LogP contribution in [0.3, 0.4) is 0 Å². The molecular weight excluding hydrogens is 430 g/mol. The number of carbonyl (C=O) groups excluding carboxylic acids is 2. The van der Waals surface area contributed by atoms with Crippen molar-refractivity contribution in [1.29, 1.82) is 0 Å². The summed E-state index contributed by atoms with van der Waals surface area (Å²) in [5, 5.41) is 3.05. The molecule has 2 aromatic rings. The first-order valence-electron chi connectivity index (χ1n) is 12.3. The predicted octanol–water partition coefficient (Wildman–Crippen LogP) is 4.52. The summed E-state index contributed by atoms with van der Waals surface area (Å²) in [5.41, 5.74) is 2.97. The second-order valence-electron chi connectivity index (χ2n) is 9.07. The minimum Gasteiger partial charge on any atom is -0.494 e. The largest absolute Gasteiger partial charge is 0.494 e. The maximum absolute atomic E-state index is 13.4. The van der Waals surface area contributed by atoms with Crippen molar-refractivity contribution in [3.05, 3.63) is 53.6 Å². The maximum Gasteiger partial charge on any atom is 0.324 e. The summed E-state index contributed by atoms with van der Waals surface area (Å²) in [5.74, 6) is 1.58. The normalized spacial score (nSPS) is 18.1. The quantitative estimate of drug-likeness (QED) is 0.681. The second kappa shape index (κ2) is 10.8. The molecule has 0 bridgehead atoms. The zero-order valence-corrected chi connectivity index (χ0v) is 20.4. The van der Waals surface area contributed by atoms with Gasteiger partial charge in [-0.3, -0.25) is 9.69 Å². The summed E-state index contributed by atoms with van der Waals surface area (Å²) in [6.07, 6.45) is 2.17. The first-order valence-corrected chi connectivity index (χ1v) is 12.3. The van der Waals surface area contributed by atoms with Crippen molar-refractivity contribution >= 4 is 17.6 Å². The number of urea groups is 1. The fraction of sp³-hybridized carbons (Fsp3) is 0.481. The lowest BCUT2D eigenvalue weighted by Gasteiger charge is -2.39. The molecule has 7 nitrogen and oxygen atoms in total. The topological polar surface area (TPSA) is 71.1 Å². The molecule has 0 spiro atoms. The number of carbonyl (C=O) groups is 2. The fourth-order valence-corrected chi connectivity index (χ4v) is 4.56. The number of hydrogen-bond donors (Lipinski definition) is 1. The van der Waals surface area contributed by atoms with Crippen LogP contribution in [0.5, 0.6) is 11.5 Å². The van der Waals surface area contributed by atoms with Gasteiger partial charge < -0.3 is 19.7 Å². The van der Waals surface area contributed by atoms with E-state index < -0.39 is 0 Å². The van der Waals surface area contributed by atoms with Gasteiger partial charge >= 0.3 is 6.03 Å². The first kappa shape index (κ1) is 23.9. The molecule has 1 saturated heterocycles. The Hall–Kier alpha value is -3.22. The van der Waals surface area contributed by atoms with Crippen molar-refractivity contribution < 1.29 is 19.1 Å². The Bertz CT molecular complexity index is 999. The van der Waals surface area contributed by atoms with Crippen LogP contribution < -0.4 is 19.7 Å². The van der Waals surface area contributed by atoms with E-state index in [9.17, 15) is 9.59 Å². The Labute approximate surface area is 202 Å². The van der Waals surface area contributed by atoms with Gasteiger partial charge in [-0.1, -0.05) is 25.1 Å². The zero-order chi connectivity index (χ0) is 24.1. The molecule has 4 rings (SSSR count). The molecule has 0 saturated carbocycles. The smallest absolute Gasteiger partial charge is 0.324 e. The summed E-state index contributed by atoms with van der Waals surface area (Å²) in [7, 11) is 0. The third-order valence-corrected chi connectivity index (χ3v) is 6.61. The SMILES string of the molecule is CCOc1ccc(CNC(=O)C2CCN(C(=O)N3CC(CC)Oc4ccc(C)cc43)CC2)cc1. The number of rotatable bonds is 6. The van der Waals surface area contributed by atoms with Crippen LogP contribution in [0.15, 0.2) is 42.5 Å². The molecule has 0 aromatic heterocycles. The van der Waals surface area contributed by atoms with Crippen LogP contribution in [0, 0.1) is 12.8 Å². The van der Waals surface area contributed by atoms with Gasteiger partial charge in [0.25, 0.3) is 0 Å². The lowest BCUT2D eigenvalue weighted by Crippen LogP contribution is -2.52. The van der Waals surface area contributed by atoms with Crippen molar-refractivity contribution in [3.63, 3.8) is 0 Å². The Morgan fingerprint density at radius 3 is 2.50 bits per heavy atom. The lowest BCUT2D eigenvalue weighted by molar-refractivity contribution is -0.126.